The van der Waals surface area contributed by atoms with E-state index in [1.807, 2.05) is 26.0 Å². The van der Waals surface area contributed by atoms with Crippen molar-refractivity contribution in [2.75, 3.05) is 23.3 Å². The van der Waals surface area contributed by atoms with Gasteiger partial charge in [-0.1, -0.05) is 6.07 Å². The maximum atomic E-state index is 12.7. The number of aryl methyl sites for hydroxylation is 2. The lowest BCUT2D eigenvalue weighted by Crippen LogP contribution is -2.23. The Kier molecular flexibility index (Phi) is 4.94. The van der Waals surface area contributed by atoms with Gasteiger partial charge in [-0.15, -0.1) is 11.3 Å². The van der Waals surface area contributed by atoms with Crippen molar-refractivity contribution in [2.24, 2.45) is 0 Å². The van der Waals surface area contributed by atoms with Gasteiger partial charge in [0, 0.05) is 18.8 Å². The summed E-state index contributed by atoms with van der Waals surface area (Å²) in [6.45, 7) is 9.74. The third-order valence-electron chi connectivity index (χ3n) is 4.11. The van der Waals surface area contributed by atoms with E-state index in [4.69, 9.17) is 0 Å². The molecule has 6 nitrogen and oxygen atoms in total. The van der Waals surface area contributed by atoms with Crippen LogP contribution in [-0.4, -0.2) is 33.9 Å². The Hall–Kier alpha value is -2.54. The van der Waals surface area contributed by atoms with Crippen LogP contribution in [0.4, 0.5) is 11.6 Å². The van der Waals surface area contributed by atoms with E-state index in [-0.39, 0.29) is 5.91 Å². The van der Waals surface area contributed by atoms with Gasteiger partial charge in [-0.3, -0.25) is 4.79 Å². The zero-order valence-corrected chi connectivity index (χ0v) is 15.6. The fraction of sp³-hybridized carbons (Fsp3) is 0.333. The van der Waals surface area contributed by atoms with Crippen molar-refractivity contribution >= 4 is 39.1 Å². The minimum absolute atomic E-state index is 0.163. The topological polar surface area (TPSA) is 71.0 Å². The summed E-state index contributed by atoms with van der Waals surface area (Å²) in [7, 11) is 0. The molecule has 0 saturated carbocycles. The maximum Gasteiger partial charge on any atom is 0.267 e. The van der Waals surface area contributed by atoms with E-state index in [2.05, 4.69) is 39.0 Å². The predicted molar refractivity (Wildman–Crippen MR) is 103 cm³/mol. The molecule has 0 fully saturated rings. The first-order chi connectivity index (χ1) is 12.0. The Labute approximate surface area is 150 Å². The molecule has 0 aliphatic rings. The number of hydrogen-bond acceptors (Lipinski definition) is 6. The average Bonchev–Trinajstić information content (AvgIpc) is 2.94. The first-order valence-corrected chi connectivity index (χ1v) is 9.10. The van der Waals surface area contributed by atoms with Crippen molar-refractivity contribution in [1.82, 2.24) is 15.0 Å². The molecule has 0 atom stereocenters. The van der Waals surface area contributed by atoms with Crippen LogP contribution >= 0.6 is 11.3 Å². The van der Waals surface area contributed by atoms with Crippen molar-refractivity contribution in [3.63, 3.8) is 0 Å². The summed E-state index contributed by atoms with van der Waals surface area (Å²) in [5, 5.41) is 3.83. The van der Waals surface area contributed by atoms with Gasteiger partial charge in [0.2, 0.25) is 0 Å². The number of aromatic nitrogens is 3. The Morgan fingerprint density at radius 1 is 1.20 bits per heavy atom. The number of carbonyl (C=O) groups is 1. The molecule has 0 saturated heterocycles. The predicted octanol–water partition coefficient (Wildman–Crippen LogP) is 3.80. The molecule has 25 heavy (non-hydrogen) atoms. The molecule has 0 unspecified atom stereocenters. The van der Waals surface area contributed by atoms with E-state index < -0.39 is 0 Å². The average molecular weight is 355 g/mol. The number of nitrogens with one attached hydrogen (secondary N) is 1. The molecule has 0 spiro atoms. The van der Waals surface area contributed by atoms with E-state index in [0.717, 1.165) is 40.4 Å². The summed E-state index contributed by atoms with van der Waals surface area (Å²) in [4.78, 5) is 29.5. The zero-order valence-electron chi connectivity index (χ0n) is 14.8. The third-order valence-corrected chi connectivity index (χ3v) is 5.30. The van der Waals surface area contributed by atoms with Crippen LogP contribution < -0.4 is 10.2 Å². The highest BCUT2D eigenvalue weighted by molar-refractivity contribution is 7.20. The molecule has 0 bridgehead atoms. The number of pyridine rings is 1. The van der Waals surface area contributed by atoms with Crippen LogP contribution in [0, 0.1) is 13.8 Å². The second-order valence-corrected chi connectivity index (χ2v) is 6.72. The first-order valence-electron chi connectivity index (χ1n) is 8.29. The number of hydrogen-bond donors (Lipinski definition) is 1. The minimum Gasteiger partial charge on any atom is -0.357 e. The molecule has 0 aromatic carbocycles. The van der Waals surface area contributed by atoms with Crippen LogP contribution in [0.2, 0.25) is 0 Å². The molecule has 7 heteroatoms. The van der Waals surface area contributed by atoms with Crippen LogP contribution in [0.1, 0.15) is 34.8 Å². The lowest BCUT2D eigenvalue weighted by Gasteiger charge is -2.20. The molecule has 0 aliphatic heterocycles. The first kappa shape index (κ1) is 17.3. The van der Waals surface area contributed by atoms with Gasteiger partial charge in [0.1, 0.15) is 22.8 Å². The highest BCUT2D eigenvalue weighted by Gasteiger charge is 2.21. The summed E-state index contributed by atoms with van der Waals surface area (Å²) in [6, 6.07) is 5.56. The molecule has 3 aromatic rings. The van der Waals surface area contributed by atoms with Crippen molar-refractivity contribution in [1.29, 1.82) is 0 Å². The van der Waals surface area contributed by atoms with Gasteiger partial charge in [-0.05, 0) is 45.4 Å². The Balaban J connectivity index is 2.01. The smallest absolute Gasteiger partial charge is 0.267 e. The summed E-state index contributed by atoms with van der Waals surface area (Å²) in [6.07, 6.45) is 1.57. The molecule has 3 aromatic heterocycles. The molecule has 3 rings (SSSR count). The normalized spacial score (nSPS) is 10.9. The summed E-state index contributed by atoms with van der Waals surface area (Å²) in [5.74, 6) is 1.28. The second-order valence-electron chi connectivity index (χ2n) is 5.72. The lowest BCUT2D eigenvalue weighted by molar-refractivity contribution is 0.102. The van der Waals surface area contributed by atoms with E-state index in [9.17, 15) is 4.79 Å². The van der Waals surface area contributed by atoms with Crippen LogP contribution in [-0.2, 0) is 0 Å². The largest absolute Gasteiger partial charge is 0.357 e. The Morgan fingerprint density at radius 2 is 1.96 bits per heavy atom. The molecule has 1 amide bonds. The Morgan fingerprint density at radius 3 is 2.64 bits per heavy atom. The standard InChI is InChI=1S/C18H21N5OS/c1-5-23(6-2)16-14-12(4)15(25-18(14)20-10-19-16)17(24)22-13-9-7-8-11(3)21-13/h7-10H,5-6H2,1-4H3,(H,21,22,24). The van der Waals surface area contributed by atoms with Gasteiger partial charge in [0.25, 0.3) is 5.91 Å². The number of carbonyl (C=O) groups excluding carboxylic acids is 1. The molecule has 130 valence electrons. The minimum atomic E-state index is -0.163. The summed E-state index contributed by atoms with van der Waals surface area (Å²) >= 11 is 1.39. The molecule has 3 heterocycles. The van der Waals surface area contributed by atoms with E-state index in [1.54, 1.807) is 12.4 Å². The van der Waals surface area contributed by atoms with Crippen molar-refractivity contribution < 1.29 is 4.79 Å². The maximum absolute atomic E-state index is 12.7. The molecular formula is C18H21N5OS. The number of thiophene rings is 1. The fourth-order valence-electron chi connectivity index (χ4n) is 2.82. The van der Waals surface area contributed by atoms with Gasteiger partial charge < -0.3 is 10.2 Å². The molecule has 0 radical (unpaired) electrons. The van der Waals surface area contributed by atoms with Gasteiger partial charge in [0.05, 0.1) is 10.3 Å². The summed E-state index contributed by atoms with van der Waals surface area (Å²) < 4.78 is 0. The van der Waals surface area contributed by atoms with Crippen molar-refractivity contribution in [2.45, 2.75) is 27.7 Å². The molecular weight excluding hydrogens is 334 g/mol. The lowest BCUT2D eigenvalue weighted by atomic mass is 10.2. The number of fused-ring (bicyclic) bond motifs is 1. The van der Waals surface area contributed by atoms with Crippen molar-refractivity contribution in [3.8, 4) is 0 Å². The quantitative estimate of drug-likeness (QED) is 0.754. The van der Waals surface area contributed by atoms with Gasteiger partial charge >= 0.3 is 0 Å². The highest BCUT2D eigenvalue weighted by Crippen LogP contribution is 2.35. The SMILES string of the molecule is CCN(CC)c1ncnc2sc(C(=O)Nc3cccc(C)n3)c(C)c12. The monoisotopic (exact) mass is 355 g/mol. The van der Waals surface area contributed by atoms with Gasteiger partial charge in [-0.2, -0.15) is 0 Å². The summed E-state index contributed by atoms with van der Waals surface area (Å²) in [5.41, 5.74) is 1.77. The molecule has 0 aliphatic carbocycles. The van der Waals surface area contributed by atoms with E-state index >= 15 is 0 Å². The molecule has 1 N–H and O–H groups in total. The van der Waals surface area contributed by atoms with Crippen LogP contribution in [0.3, 0.4) is 0 Å². The third kappa shape index (κ3) is 3.32. The van der Waals surface area contributed by atoms with Crippen molar-refractivity contribution in [3.05, 3.63) is 40.7 Å². The van der Waals surface area contributed by atoms with Crippen LogP contribution in [0.25, 0.3) is 10.2 Å². The van der Waals surface area contributed by atoms with Gasteiger partial charge in [0.15, 0.2) is 0 Å². The number of nitrogens with zero attached hydrogens (tertiary/aromatic N) is 4. The number of amides is 1. The van der Waals surface area contributed by atoms with E-state index in [1.165, 1.54) is 11.3 Å². The number of anilines is 2. The fourth-order valence-corrected chi connectivity index (χ4v) is 3.86. The van der Waals surface area contributed by atoms with Crippen LogP contribution in [0.15, 0.2) is 24.5 Å². The zero-order chi connectivity index (χ0) is 18.0. The second kappa shape index (κ2) is 7.14. The highest BCUT2D eigenvalue weighted by atomic mass is 32.1. The Bertz CT molecular complexity index is 917. The number of rotatable bonds is 5. The van der Waals surface area contributed by atoms with Crippen LogP contribution in [0.5, 0.6) is 0 Å². The van der Waals surface area contributed by atoms with E-state index in [0.29, 0.717) is 10.7 Å². The van der Waals surface area contributed by atoms with Gasteiger partial charge in [-0.25, -0.2) is 15.0 Å².